The zero-order valence-electron chi connectivity index (χ0n) is 10.1. The third kappa shape index (κ3) is 2.25. The van der Waals surface area contributed by atoms with Gasteiger partial charge >= 0.3 is 0 Å². The van der Waals surface area contributed by atoms with E-state index in [1.807, 2.05) is 12.1 Å². The topological polar surface area (TPSA) is 42.6 Å². The summed E-state index contributed by atoms with van der Waals surface area (Å²) in [5, 5.41) is 1.15. The standard InChI is InChI=1S/C15H10NO2.Ir/c1-16-9-10-5-4-7-12-14(17)11-6-2-3-8-13(11)18-15(10)12;/h2-4,6-9H,1H3;/q-1;. The van der Waals surface area contributed by atoms with Crippen molar-refractivity contribution < 1.29 is 24.5 Å². The average Bonchev–Trinajstić information content (AvgIpc) is 2.40. The molecule has 97 valence electrons. The van der Waals surface area contributed by atoms with Gasteiger partial charge in [-0.15, -0.1) is 18.2 Å². The van der Waals surface area contributed by atoms with Crippen LogP contribution in [0.2, 0.25) is 0 Å². The van der Waals surface area contributed by atoms with E-state index in [-0.39, 0.29) is 25.5 Å². The zero-order chi connectivity index (χ0) is 12.5. The first-order chi connectivity index (χ1) is 8.81. The molecule has 0 aliphatic rings. The quantitative estimate of drug-likeness (QED) is 0.340. The number of nitrogens with zero attached hydrogens (tertiary/aromatic N) is 1. The molecule has 0 amide bonds. The first-order valence-electron chi connectivity index (χ1n) is 5.59. The Kier molecular flexibility index (Phi) is 3.93. The summed E-state index contributed by atoms with van der Waals surface area (Å²) in [5.74, 6) is 0. The Labute approximate surface area is 123 Å². The summed E-state index contributed by atoms with van der Waals surface area (Å²) in [5.41, 5.74) is 1.79. The molecule has 19 heavy (non-hydrogen) atoms. The Morgan fingerprint density at radius 2 is 2.00 bits per heavy atom. The van der Waals surface area contributed by atoms with Crippen molar-refractivity contribution >= 4 is 28.2 Å². The summed E-state index contributed by atoms with van der Waals surface area (Å²) in [7, 11) is 1.67. The Morgan fingerprint density at radius 1 is 1.21 bits per heavy atom. The van der Waals surface area contributed by atoms with Crippen LogP contribution in [0.5, 0.6) is 0 Å². The number of para-hydroxylation sites is 1. The van der Waals surface area contributed by atoms with E-state index in [0.717, 1.165) is 0 Å². The fourth-order valence-corrected chi connectivity index (χ4v) is 2.01. The molecule has 0 atom stereocenters. The average molecular weight is 428 g/mol. The maximum Gasteiger partial charge on any atom is 0.182 e. The van der Waals surface area contributed by atoms with Gasteiger partial charge in [-0.25, -0.2) is 0 Å². The minimum Gasteiger partial charge on any atom is -0.500 e. The van der Waals surface area contributed by atoms with Gasteiger partial charge in [0.15, 0.2) is 5.43 Å². The second-order valence-electron chi connectivity index (χ2n) is 3.95. The molecule has 1 aromatic heterocycles. The van der Waals surface area contributed by atoms with Crippen LogP contribution in [-0.2, 0) is 20.1 Å². The molecule has 0 fully saturated rings. The molecule has 1 radical (unpaired) electrons. The van der Waals surface area contributed by atoms with Crippen molar-refractivity contribution in [3.63, 3.8) is 0 Å². The molecule has 4 heteroatoms. The molecule has 3 nitrogen and oxygen atoms in total. The number of aliphatic imine (C=N–C) groups is 1. The van der Waals surface area contributed by atoms with Gasteiger partial charge in [0.25, 0.3) is 0 Å². The number of benzene rings is 2. The Morgan fingerprint density at radius 3 is 2.79 bits per heavy atom. The van der Waals surface area contributed by atoms with E-state index >= 15 is 0 Å². The molecular formula is C15H10IrNO2-. The maximum atomic E-state index is 12.3. The van der Waals surface area contributed by atoms with Crippen molar-refractivity contribution in [2.75, 3.05) is 7.05 Å². The van der Waals surface area contributed by atoms with E-state index in [1.165, 1.54) is 0 Å². The summed E-state index contributed by atoms with van der Waals surface area (Å²) in [6.45, 7) is 0. The van der Waals surface area contributed by atoms with Gasteiger partial charge in [-0.3, -0.25) is 4.79 Å². The normalized spacial score (nSPS) is 11.0. The van der Waals surface area contributed by atoms with Crippen LogP contribution in [0.3, 0.4) is 0 Å². The third-order valence-corrected chi connectivity index (χ3v) is 2.82. The predicted molar refractivity (Wildman–Crippen MR) is 72.3 cm³/mol. The summed E-state index contributed by atoms with van der Waals surface area (Å²) in [6, 6.07) is 13.7. The van der Waals surface area contributed by atoms with Crippen LogP contribution >= 0.6 is 0 Å². The maximum absolute atomic E-state index is 12.3. The van der Waals surface area contributed by atoms with Crippen molar-refractivity contribution in [1.29, 1.82) is 0 Å². The number of rotatable bonds is 1. The second-order valence-corrected chi connectivity index (χ2v) is 3.95. The summed E-state index contributed by atoms with van der Waals surface area (Å²) >= 11 is 0. The predicted octanol–water partition coefficient (Wildman–Crippen LogP) is 2.79. The van der Waals surface area contributed by atoms with Crippen LogP contribution in [0.15, 0.2) is 50.6 Å². The Hall–Kier alpha value is -1.77. The molecule has 2 aromatic carbocycles. The van der Waals surface area contributed by atoms with Gasteiger partial charge < -0.3 is 9.41 Å². The Bertz CT molecular complexity index is 821. The van der Waals surface area contributed by atoms with Crippen LogP contribution in [0.4, 0.5) is 0 Å². The van der Waals surface area contributed by atoms with Crippen molar-refractivity contribution in [1.82, 2.24) is 0 Å². The van der Waals surface area contributed by atoms with Crippen molar-refractivity contribution in [3.05, 3.63) is 58.3 Å². The monoisotopic (exact) mass is 429 g/mol. The molecule has 0 aliphatic carbocycles. The number of fused-ring (bicyclic) bond motifs is 2. The van der Waals surface area contributed by atoms with Gasteiger partial charge in [0.1, 0.15) is 5.58 Å². The minimum absolute atomic E-state index is 0. The molecule has 1 heterocycles. The fourth-order valence-electron chi connectivity index (χ4n) is 2.01. The Balaban J connectivity index is 0.00000133. The van der Waals surface area contributed by atoms with Gasteiger partial charge in [0.2, 0.25) is 0 Å². The van der Waals surface area contributed by atoms with E-state index in [4.69, 9.17) is 4.42 Å². The van der Waals surface area contributed by atoms with Crippen LogP contribution in [-0.4, -0.2) is 13.3 Å². The summed E-state index contributed by atoms with van der Waals surface area (Å²) < 4.78 is 5.79. The van der Waals surface area contributed by atoms with Crippen molar-refractivity contribution in [3.8, 4) is 0 Å². The number of hydrogen-bond acceptors (Lipinski definition) is 3. The molecule has 3 rings (SSSR count). The molecule has 0 spiro atoms. The van der Waals surface area contributed by atoms with E-state index < -0.39 is 0 Å². The fraction of sp³-hybridized carbons (Fsp3) is 0.0667. The summed E-state index contributed by atoms with van der Waals surface area (Å²) in [4.78, 5) is 16.3. The van der Waals surface area contributed by atoms with E-state index in [2.05, 4.69) is 11.1 Å². The SMILES string of the molecule is CN=Cc1[c-]ccc2c(=O)c3ccccc3oc12.[Ir]. The third-order valence-electron chi connectivity index (χ3n) is 2.82. The van der Waals surface area contributed by atoms with Crippen molar-refractivity contribution in [2.45, 2.75) is 0 Å². The molecule has 0 N–H and O–H groups in total. The first kappa shape index (κ1) is 13.7. The smallest absolute Gasteiger partial charge is 0.182 e. The summed E-state index contributed by atoms with van der Waals surface area (Å²) in [6.07, 6.45) is 1.64. The molecule has 0 saturated carbocycles. The van der Waals surface area contributed by atoms with E-state index in [1.54, 1.807) is 37.5 Å². The number of hydrogen-bond donors (Lipinski definition) is 0. The van der Waals surface area contributed by atoms with Gasteiger partial charge in [-0.1, -0.05) is 17.7 Å². The molecule has 0 saturated heterocycles. The first-order valence-corrected chi connectivity index (χ1v) is 5.59. The zero-order valence-corrected chi connectivity index (χ0v) is 12.5. The van der Waals surface area contributed by atoms with Gasteiger partial charge in [0, 0.05) is 27.2 Å². The van der Waals surface area contributed by atoms with Crippen molar-refractivity contribution in [2.24, 2.45) is 4.99 Å². The largest absolute Gasteiger partial charge is 0.500 e. The minimum atomic E-state index is -0.0217. The van der Waals surface area contributed by atoms with Gasteiger partial charge in [0.05, 0.1) is 11.0 Å². The molecule has 0 bridgehead atoms. The second kappa shape index (κ2) is 5.47. The van der Waals surface area contributed by atoms with E-state index in [9.17, 15) is 4.79 Å². The van der Waals surface area contributed by atoms with Crippen LogP contribution in [0.1, 0.15) is 5.56 Å². The molecular weight excluding hydrogens is 418 g/mol. The van der Waals surface area contributed by atoms with Crippen LogP contribution in [0, 0.1) is 6.07 Å². The van der Waals surface area contributed by atoms with Crippen LogP contribution in [0.25, 0.3) is 21.9 Å². The molecule has 3 aromatic rings. The van der Waals surface area contributed by atoms with Gasteiger partial charge in [-0.05, 0) is 23.7 Å². The van der Waals surface area contributed by atoms with E-state index in [0.29, 0.717) is 27.5 Å². The molecule has 0 aliphatic heterocycles. The van der Waals surface area contributed by atoms with Gasteiger partial charge in [-0.2, -0.15) is 0 Å². The van der Waals surface area contributed by atoms with Crippen LogP contribution < -0.4 is 5.43 Å². The molecule has 0 unspecified atom stereocenters.